The molecular formula is C32H32N2O5. The molecule has 7 nitrogen and oxygen atoms in total. The summed E-state index contributed by atoms with van der Waals surface area (Å²) >= 11 is 0. The first kappa shape index (κ1) is 26.2. The van der Waals surface area contributed by atoms with E-state index >= 15 is 0 Å². The molecule has 1 fully saturated rings. The molecule has 1 aliphatic rings. The summed E-state index contributed by atoms with van der Waals surface area (Å²) in [5.41, 5.74) is 4.60. The van der Waals surface area contributed by atoms with Crippen LogP contribution in [-0.2, 0) is 33.6 Å². The number of amides is 1. The van der Waals surface area contributed by atoms with Crippen molar-refractivity contribution in [3.63, 3.8) is 0 Å². The Morgan fingerprint density at radius 3 is 2.49 bits per heavy atom. The van der Waals surface area contributed by atoms with Crippen LogP contribution in [0.2, 0.25) is 0 Å². The van der Waals surface area contributed by atoms with Gasteiger partial charge in [-0.05, 0) is 67.3 Å². The lowest BCUT2D eigenvalue weighted by Crippen LogP contribution is -2.65. The first-order chi connectivity index (χ1) is 19.0. The molecular weight excluding hydrogens is 492 g/mol. The Morgan fingerprint density at radius 2 is 1.77 bits per heavy atom. The van der Waals surface area contributed by atoms with Crippen LogP contribution in [0.25, 0.3) is 11.5 Å². The van der Waals surface area contributed by atoms with Crippen molar-refractivity contribution in [1.82, 2.24) is 4.98 Å². The summed E-state index contributed by atoms with van der Waals surface area (Å²) in [6.45, 7) is 4.41. The average Bonchev–Trinajstić information content (AvgIpc) is 3.35. The zero-order valence-corrected chi connectivity index (χ0v) is 22.4. The molecule has 39 heavy (non-hydrogen) atoms. The number of methoxy groups -OCH3 is 1. The monoisotopic (exact) mass is 524 g/mol. The highest BCUT2D eigenvalue weighted by atomic mass is 16.5. The van der Waals surface area contributed by atoms with Crippen molar-refractivity contribution >= 4 is 17.6 Å². The van der Waals surface area contributed by atoms with Gasteiger partial charge in [0.05, 0.1) is 25.3 Å². The van der Waals surface area contributed by atoms with Crippen LogP contribution in [0, 0.1) is 12.8 Å². The molecule has 1 amide bonds. The molecule has 0 radical (unpaired) electrons. The summed E-state index contributed by atoms with van der Waals surface area (Å²) in [6.07, 6.45) is 1.93. The maximum atomic E-state index is 13.2. The zero-order chi connectivity index (χ0) is 27.4. The van der Waals surface area contributed by atoms with E-state index in [0.29, 0.717) is 36.8 Å². The molecule has 1 saturated heterocycles. The summed E-state index contributed by atoms with van der Waals surface area (Å²) in [5.74, 6) is 1.09. The Hall–Kier alpha value is -4.39. The van der Waals surface area contributed by atoms with E-state index in [1.807, 2.05) is 85.8 Å². The minimum Gasteiger partial charge on any atom is -0.493 e. The standard InChI is InChI=1S/C32H32N2O5/c1-4-22-13-15-25(16-14-22)34-29(32(36)37-3)27(31(34)35)20-23-9-8-12-26(19-23)38-18-17-28-21(2)39-30(33-28)24-10-6-5-7-11-24/h5-16,19,27,29H,4,17-18,20H2,1-3H3/t27-,29-/m0/s1. The molecule has 1 aromatic heterocycles. The summed E-state index contributed by atoms with van der Waals surface area (Å²) in [7, 11) is 1.36. The van der Waals surface area contributed by atoms with Gasteiger partial charge in [0.15, 0.2) is 0 Å². The number of oxazole rings is 1. The Bertz CT molecular complexity index is 1450. The van der Waals surface area contributed by atoms with E-state index in [2.05, 4.69) is 11.9 Å². The van der Waals surface area contributed by atoms with Gasteiger partial charge in [0, 0.05) is 17.7 Å². The maximum Gasteiger partial charge on any atom is 0.329 e. The van der Waals surface area contributed by atoms with Gasteiger partial charge in [-0.3, -0.25) is 9.69 Å². The number of aromatic nitrogens is 1. The molecule has 0 bridgehead atoms. The fraction of sp³-hybridized carbons (Fsp3) is 0.281. The van der Waals surface area contributed by atoms with Crippen LogP contribution in [0.3, 0.4) is 0 Å². The largest absolute Gasteiger partial charge is 0.493 e. The second-order valence-corrected chi connectivity index (χ2v) is 9.64. The number of rotatable bonds is 10. The summed E-state index contributed by atoms with van der Waals surface area (Å²) in [4.78, 5) is 32.0. The van der Waals surface area contributed by atoms with E-state index in [-0.39, 0.29) is 5.91 Å². The fourth-order valence-corrected chi connectivity index (χ4v) is 4.96. The number of ether oxygens (including phenoxy) is 2. The van der Waals surface area contributed by atoms with Crippen LogP contribution in [0.15, 0.2) is 83.3 Å². The quantitative estimate of drug-likeness (QED) is 0.199. The number of hydrogen-bond acceptors (Lipinski definition) is 6. The Kier molecular flexibility index (Phi) is 7.77. The highest BCUT2D eigenvalue weighted by Crippen LogP contribution is 2.36. The SMILES string of the molecule is CCc1ccc(N2C(=O)[C@@H](Cc3cccc(OCCc4nc(-c5ccccc5)oc4C)c3)[C@H]2C(=O)OC)cc1. The van der Waals surface area contributed by atoms with E-state index in [1.165, 1.54) is 12.7 Å². The number of aryl methyl sites for hydroxylation is 2. The molecule has 200 valence electrons. The van der Waals surface area contributed by atoms with Gasteiger partial charge in [0.2, 0.25) is 11.8 Å². The van der Waals surface area contributed by atoms with E-state index < -0.39 is 17.9 Å². The Labute approximate surface area is 228 Å². The van der Waals surface area contributed by atoms with Crippen molar-refractivity contribution in [3.05, 3.63) is 101 Å². The molecule has 2 atom stereocenters. The van der Waals surface area contributed by atoms with E-state index in [9.17, 15) is 9.59 Å². The molecule has 0 spiro atoms. The van der Waals surface area contributed by atoms with Gasteiger partial charge in [-0.1, -0.05) is 49.4 Å². The van der Waals surface area contributed by atoms with Crippen LogP contribution in [-0.4, -0.2) is 36.6 Å². The third-order valence-corrected chi connectivity index (χ3v) is 7.15. The first-order valence-corrected chi connectivity index (χ1v) is 13.2. The number of carbonyl (C=O) groups is 2. The van der Waals surface area contributed by atoms with Gasteiger partial charge < -0.3 is 13.9 Å². The second-order valence-electron chi connectivity index (χ2n) is 9.64. The number of hydrogen-bond donors (Lipinski definition) is 0. The maximum absolute atomic E-state index is 13.2. The van der Waals surface area contributed by atoms with Crippen LogP contribution in [0.5, 0.6) is 5.75 Å². The molecule has 5 rings (SSSR count). The predicted octanol–water partition coefficient (Wildman–Crippen LogP) is 5.58. The second kappa shape index (κ2) is 11.6. The molecule has 0 N–H and O–H groups in total. The molecule has 0 unspecified atom stereocenters. The van der Waals surface area contributed by atoms with Crippen LogP contribution >= 0.6 is 0 Å². The highest BCUT2D eigenvalue weighted by Gasteiger charge is 2.52. The van der Waals surface area contributed by atoms with Crippen molar-refractivity contribution in [2.45, 2.75) is 39.2 Å². The number of β-lactam (4-membered cyclic amide) rings is 1. The molecule has 7 heteroatoms. The number of carbonyl (C=O) groups excluding carboxylic acids is 2. The number of nitrogens with zero attached hydrogens (tertiary/aromatic N) is 2. The van der Waals surface area contributed by atoms with Crippen molar-refractivity contribution in [2.75, 3.05) is 18.6 Å². The number of anilines is 1. The fourth-order valence-electron chi connectivity index (χ4n) is 4.96. The lowest BCUT2D eigenvalue weighted by molar-refractivity contribution is -0.152. The van der Waals surface area contributed by atoms with Crippen LogP contribution < -0.4 is 9.64 Å². The third kappa shape index (κ3) is 5.58. The highest BCUT2D eigenvalue weighted by molar-refractivity contribution is 6.10. The van der Waals surface area contributed by atoms with Gasteiger partial charge in [0.25, 0.3) is 0 Å². The molecule has 2 heterocycles. The number of esters is 1. The lowest BCUT2D eigenvalue weighted by atomic mass is 9.81. The smallest absolute Gasteiger partial charge is 0.329 e. The van der Waals surface area contributed by atoms with E-state index in [0.717, 1.165) is 29.0 Å². The minimum atomic E-state index is -0.659. The molecule has 3 aromatic carbocycles. The van der Waals surface area contributed by atoms with Gasteiger partial charge in [0.1, 0.15) is 17.6 Å². The first-order valence-electron chi connectivity index (χ1n) is 13.2. The molecule has 4 aromatic rings. The predicted molar refractivity (Wildman–Crippen MR) is 149 cm³/mol. The van der Waals surface area contributed by atoms with Gasteiger partial charge in [-0.15, -0.1) is 0 Å². The van der Waals surface area contributed by atoms with E-state index in [4.69, 9.17) is 13.9 Å². The minimum absolute atomic E-state index is 0.0864. The molecule has 0 aliphatic carbocycles. The third-order valence-electron chi connectivity index (χ3n) is 7.15. The van der Waals surface area contributed by atoms with Crippen LogP contribution in [0.1, 0.15) is 29.5 Å². The van der Waals surface area contributed by atoms with Crippen molar-refractivity contribution in [1.29, 1.82) is 0 Å². The van der Waals surface area contributed by atoms with E-state index in [1.54, 1.807) is 4.90 Å². The Balaban J connectivity index is 1.22. The Morgan fingerprint density at radius 1 is 1.00 bits per heavy atom. The summed E-state index contributed by atoms with van der Waals surface area (Å²) in [5, 5.41) is 0. The van der Waals surface area contributed by atoms with Crippen LogP contribution in [0.4, 0.5) is 5.69 Å². The van der Waals surface area contributed by atoms with Gasteiger partial charge in [-0.2, -0.15) is 0 Å². The van der Waals surface area contributed by atoms with Crippen molar-refractivity contribution < 1.29 is 23.5 Å². The number of benzene rings is 3. The van der Waals surface area contributed by atoms with Gasteiger partial charge >= 0.3 is 5.97 Å². The normalized spacial score (nSPS) is 16.6. The lowest BCUT2D eigenvalue weighted by Gasteiger charge is -2.45. The average molecular weight is 525 g/mol. The van der Waals surface area contributed by atoms with Crippen molar-refractivity contribution in [3.8, 4) is 17.2 Å². The zero-order valence-electron chi connectivity index (χ0n) is 22.4. The summed E-state index contributed by atoms with van der Waals surface area (Å²) < 4.78 is 16.9. The topological polar surface area (TPSA) is 81.9 Å². The van der Waals surface area contributed by atoms with Gasteiger partial charge in [-0.25, -0.2) is 9.78 Å². The molecule has 1 aliphatic heterocycles. The van der Waals surface area contributed by atoms with Crippen molar-refractivity contribution in [2.24, 2.45) is 5.92 Å². The summed E-state index contributed by atoms with van der Waals surface area (Å²) in [6, 6.07) is 24.5. The molecule has 0 saturated carbocycles.